The number of hydrogen-bond donors (Lipinski definition) is 2. The lowest BCUT2D eigenvalue weighted by molar-refractivity contribution is -0.137. The van der Waals surface area contributed by atoms with Gasteiger partial charge in [0.05, 0.1) is 5.56 Å². The molecular formula is C12H17F3N4. The third kappa shape index (κ3) is 4.36. The molecule has 1 aliphatic heterocycles. The van der Waals surface area contributed by atoms with Gasteiger partial charge >= 0.3 is 6.18 Å². The highest BCUT2D eigenvalue weighted by Crippen LogP contribution is 2.29. The molecule has 1 fully saturated rings. The largest absolute Gasteiger partial charge is 0.416 e. The minimum Gasteiger partial charge on any atom is -0.369 e. The Hall–Kier alpha value is -1.34. The first-order chi connectivity index (χ1) is 9.05. The number of pyridine rings is 1. The van der Waals surface area contributed by atoms with Gasteiger partial charge in [-0.05, 0) is 12.1 Å². The van der Waals surface area contributed by atoms with Crippen LogP contribution in [0.4, 0.5) is 19.0 Å². The lowest BCUT2D eigenvalue weighted by Crippen LogP contribution is -2.45. The summed E-state index contributed by atoms with van der Waals surface area (Å²) in [6, 6.07) is 2.01. The van der Waals surface area contributed by atoms with Crippen molar-refractivity contribution in [2.24, 2.45) is 0 Å². The SMILES string of the molecule is FC(F)(F)c1ccnc(NCCN2CCNCC2)c1. The normalized spacial score (nSPS) is 17.4. The summed E-state index contributed by atoms with van der Waals surface area (Å²) in [5.74, 6) is 0.268. The van der Waals surface area contributed by atoms with Crippen molar-refractivity contribution >= 4 is 5.82 Å². The second-order valence-corrected chi connectivity index (χ2v) is 4.45. The summed E-state index contributed by atoms with van der Waals surface area (Å²) in [6.45, 7) is 5.26. The van der Waals surface area contributed by atoms with Gasteiger partial charge in [0.2, 0.25) is 0 Å². The first kappa shape index (κ1) is 14.1. The van der Waals surface area contributed by atoms with Crippen molar-refractivity contribution in [3.63, 3.8) is 0 Å². The summed E-state index contributed by atoms with van der Waals surface area (Å²) in [7, 11) is 0. The molecule has 0 amide bonds. The van der Waals surface area contributed by atoms with Crippen molar-refractivity contribution in [1.82, 2.24) is 15.2 Å². The Bertz CT molecular complexity index is 402. The van der Waals surface area contributed by atoms with Crippen LogP contribution in [0.25, 0.3) is 0 Å². The van der Waals surface area contributed by atoms with E-state index in [2.05, 4.69) is 20.5 Å². The van der Waals surface area contributed by atoms with E-state index in [1.54, 1.807) is 0 Å². The topological polar surface area (TPSA) is 40.2 Å². The van der Waals surface area contributed by atoms with E-state index >= 15 is 0 Å². The van der Waals surface area contributed by atoms with Crippen LogP contribution in [0.3, 0.4) is 0 Å². The van der Waals surface area contributed by atoms with Crippen LogP contribution < -0.4 is 10.6 Å². The van der Waals surface area contributed by atoms with Crippen molar-refractivity contribution in [3.05, 3.63) is 23.9 Å². The van der Waals surface area contributed by atoms with Crippen LogP contribution >= 0.6 is 0 Å². The quantitative estimate of drug-likeness (QED) is 0.871. The van der Waals surface area contributed by atoms with E-state index in [9.17, 15) is 13.2 Å². The third-order valence-corrected chi connectivity index (χ3v) is 3.03. The van der Waals surface area contributed by atoms with Gasteiger partial charge in [-0.25, -0.2) is 4.98 Å². The summed E-state index contributed by atoms with van der Waals surface area (Å²) in [5.41, 5.74) is -0.674. The van der Waals surface area contributed by atoms with Crippen molar-refractivity contribution in [1.29, 1.82) is 0 Å². The zero-order valence-corrected chi connectivity index (χ0v) is 10.5. The number of nitrogens with one attached hydrogen (secondary N) is 2. The standard InChI is InChI=1S/C12H17F3N4/c13-12(14,15)10-1-2-17-11(9-10)18-5-8-19-6-3-16-4-7-19/h1-2,9,16H,3-8H2,(H,17,18). The summed E-state index contributed by atoms with van der Waals surface area (Å²) >= 11 is 0. The summed E-state index contributed by atoms with van der Waals surface area (Å²) in [6.07, 6.45) is -3.14. The van der Waals surface area contributed by atoms with Crippen LogP contribution in [0.5, 0.6) is 0 Å². The van der Waals surface area contributed by atoms with Crippen LogP contribution in [0.2, 0.25) is 0 Å². The van der Waals surface area contributed by atoms with Gasteiger partial charge in [0.1, 0.15) is 5.82 Å². The highest BCUT2D eigenvalue weighted by atomic mass is 19.4. The molecular weight excluding hydrogens is 257 g/mol. The van der Waals surface area contributed by atoms with E-state index in [0.717, 1.165) is 44.9 Å². The summed E-state index contributed by atoms with van der Waals surface area (Å²) < 4.78 is 37.5. The first-order valence-corrected chi connectivity index (χ1v) is 6.26. The van der Waals surface area contributed by atoms with E-state index in [1.165, 1.54) is 6.20 Å². The molecule has 0 atom stereocenters. The number of alkyl halides is 3. The Labute approximate surface area is 110 Å². The number of aromatic nitrogens is 1. The van der Waals surface area contributed by atoms with Gasteiger partial charge in [-0.1, -0.05) is 0 Å². The molecule has 0 aromatic carbocycles. The highest BCUT2D eigenvalue weighted by Gasteiger charge is 2.30. The van der Waals surface area contributed by atoms with E-state index in [4.69, 9.17) is 0 Å². The minimum absolute atomic E-state index is 0.268. The molecule has 2 rings (SSSR count). The van der Waals surface area contributed by atoms with Crippen LogP contribution in [-0.4, -0.2) is 49.2 Å². The Morgan fingerprint density at radius 3 is 2.74 bits per heavy atom. The van der Waals surface area contributed by atoms with Crippen LogP contribution in [-0.2, 0) is 6.18 Å². The monoisotopic (exact) mass is 274 g/mol. The minimum atomic E-state index is -4.32. The number of rotatable bonds is 4. The van der Waals surface area contributed by atoms with Gasteiger partial charge in [-0.15, -0.1) is 0 Å². The molecule has 0 unspecified atom stereocenters. The van der Waals surface area contributed by atoms with Crippen LogP contribution in [0, 0.1) is 0 Å². The van der Waals surface area contributed by atoms with Crippen molar-refractivity contribution in [3.8, 4) is 0 Å². The molecule has 2 heterocycles. The number of halogens is 3. The van der Waals surface area contributed by atoms with Gasteiger partial charge in [-0.2, -0.15) is 13.2 Å². The Morgan fingerprint density at radius 2 is 2.05 bits per heavy atom. The second-order valence-electron chi connectivity index (χ2n) is 4.45. The molecule has 1 aromatic heterocycles. The Kier molecular flexibility index (Phi) is 4.60. The highest BCUT2D eigenvalue weighted by molar-refractivity contribution is 5.38. The van der Waals surface area contributed by atoms with Gasteiger partial charge in [0, 0.05) is 45.5 Å². The van der Waals surface area contributed by atoms with Gasteiger partial charge in [-0.3, -0.25) is 4.90 Å². The molecule has 0 saturated carbocycles. The first-order valence-electron chi connectivity index (χ1n) is 6.26. The lowest BCUT2D eigenvalue weighted by atomic mass is 10.2. The summed E-state index contributed by atoms with van der Waals surface area (Å²) in [5, 5.41) is 6.18. The second kappa shape index (κ2) is 6.21. The summed E-state index contributed by atoms with van der Waals surface area (Å²) in [4.78, 5) is 6.15. The molecule has 7 heteroatoms. The fourth-order valence-electron chi connectivity index (χ4n) is 1.98. The van der Waals surface area contributed by atoms with E-state index in [-0.39, 0.29) is 5.82 Å². The van der Waals surface area contributed by atoms with E-state index in [0.29, 0.717) is 6.54 Å². The molecule has 1 aliphatic rings. The predicted molar refractivity (Wildman–Crippen MR) is 67.0 cm³/mol. The molecule has 0 radical (unpaired) electrons. The molecule has 0 aliphatic carbocycles. The number of hydrogen-bond acceptors (Lipinski definition) is 4. The maximum absolute atomic E-state index is 12.5. The maximum atomic E-state index is 12.5. The Morgan fingerprint density at radius 1 is 1.32 bits per heavy atom. The molecule has 1 aromatic rings. The third-order valence-electron chi connectivity index (χ3n) is 3.03. The van der Waals surface area contributed by atoms with Gasteiger partial charge in [0.15, 0.2) is 0 Å². The zero-order valence-electron chi connectivity index (χ0n) is 10.5. The number of nitrogens with zero attached hydrogens (tertiary/aromatic N) is 2. The molecule has 106 valence electrons. The average Bonchev–Trinajstić information content (AvgIpc) is 2.39. The smallest absolute Gasteiger partial charge is 0.369 e. The van der Waals surface area contributed by atoms with Crippen molar-refractivity contribution in [2.75, 3.05) is 44.6 Å². The van der Waals surface area contributed by atoms with Gasteiger partial charge in [0.25, 0.3) is 0 Å². The zero-order chi connectivity index (χ0) is 13.7. The molecule has 0 bridgehead atoms. The lowest BCUT2D eigenvalue weighted by Gasteiger charge is -2.27. The fraction of sp³-hybridized carbons (Fsp3) is 0.583. The molecule has 0 spiro atoms. The molecule has 4 nitrogen and oxygen atoms in total. The number of anilines is 1. The van der Waals surface area contributed by atoms with Crippen LogP contribution in [0.15, 0.2) is 18.3 Å². The van der Waals surface area contributed by atoms with Gasteiger partial charge < -0.3 is 10.6 Å². The molecule has 1 saturated heterocycles. The molecule has 2 N–H and O–H groups in total. The maximum Gasteiger partial charge on any atom is 0.416 e. The van der Waals surface area contributed by atoms with Crippen LogP contribution in [0.1, 0.15) is 5.56 Å². The van der Waals surface area contributed by atoms with Crippen molar-refractivity contribution < 1.29 is 13.2 Å². The van der Waals surface area contributed by atoms with E-state index in [1.807, 2.05) is 0 Å². The van der Waals surface area contributed by atoms with E-state index < -0.39 is 11.7 Å². The Balaban J connectivity index is 1.82. The average molecular weight is 274 g/mol. The predicted octanol–water partition coefficient (Wildman–Crippen LogP) is 1.42. The fourth-order valence-corrected chi connectivity index (χ4v) is 1.98. The number of piperazine rings is 1. The molecule has 19 heavy (non-hydrogen) atoms. The van der Waals surface area contributed by atoms with Crippen molar-refractivity contribution in [2.45, 2.75) is 6.18 Å².